The van der Waals surface area contributed by atoms with Gasteiger partial charge >= 0.3 is 0 Å². The summed E-state index contributed by atoms with van der Waals surface area (Å²) >= 11 is 0. The lowest BCUT2D eigenvalue weighted by Gasteiger charge is -2.07. The summed E-state index contributed by atoms with van der Waals surface area (Å²) in [7, 11) is 0. The Morgan fingerprint density at radius 3 is 2.65 bits per heavy atom. The fourth-order valence-electron chi connectivity index (χ4n) is 2.56. The van der Waals surface area contributed by atoms with Gasteiger partial charge in [-0.05, 0) is 42.8 Å². The maximum atomic E-state index is 12.3. The first-order chi connectivity index (χ1) is 12.7. The van der Waals surface area contributed by atoms with Crippen molar-refractivity contribution < 1.29 is 9.59 Å². The predicted molar refractivity (Wildman–Crippen MR) is 100 cm³/mol. The van der Waals surface area contributed by atoms with Crippen molar-refractivity contribution in [3.63, 3.8) is 0 Å². The second kappa shape index (κ2) is 8.11. The number of carbonyl (C=O) groups excluding carboxylic acids is 2. The molecule has 0 unspecified atom stereocenters. The molecule has 0 spiro atoms. The summed E-state index contributed by atoms with van der Waals surface area (Å²) in [5.41, 5.74) is 2.86. The number of rotatable bonds is 6. The molecule has 0 saturated heterocycles. The third-order valence-electron chi connectivity index (χ3n) is 3.77. The molecule has 2 N–H and O–H groups in total. The summed E-state index contributed by atoms with van der Waals surface area (Å²) in [6, 6.07) is 16.6. The molecular weight excluding hydrogens is 328 g/mol. The van der Waals surface area contributed by atoms with Crippen LogP contribution >= 0.6 is 0 Å². The van der Waals surface area contributed by atoms with Gasteiger partial charge in [0.2, 0.25) is 5.91 Å². The molecule has 0 bridgehead atoms. The first-order valence-electron chi connectivity index (χ1n) is 8.43. The van der Waals surface area contributed by atoms with Crippen molar-refractivity contribution in [2.45, 2.75) is 13.3 Å². The van der Waals surface area contributed by atoms with Gasteiger partial charge in [-0.1, -0.05) is 24.3 Å². The zero-order chi connectivity index (χ0) is 18.4. The lowest BCUT2D eigenvalue weighted by molar-refractivity contribution is -0.115. The topological polar surface area (TPSA) is 76.0 Å². The predicted octanol–water partition coefficient (Wildman–Crippen LogP) is 2.80. The number of aromatic nitrogens is 2. The summed E-state index contributed by atoms with van der Waals surface area (Å²) in [5, 5.41) is 9.85. The Kier molecular flexibility index (Phi) is 5.43. The molecule has 2 amide bonds. The highest BCUT2D eigenvalue weighted by Crippen LogP contribution is 2.12. The van der Waals surface area contributed by atoms with Crippen LogP contribution in [0.5, 0.6) is 0 Å². The number of amides is 2. The molecule has 0 aliphatic carbocycles. The van der Waals surface area contributed by atoms with Crippen LogP contribution in [0.3, 0.4) is 0 Å². The highest BCUT2D eigenvalue weighted by molar-refractivity contribution is 5.97. The Labute approximate surface area is 151 Å². The minimum absolute atomic E-state index is 0.160. The van der Waals surface area contributed by atoms with Crippen LogP contribution in [0.15, 0.2) is 67.0 Å². The molecule has 0 atom stereocenters. The van der Waals surface area contributed by atoms with Crippen molar-refractivity contribution in [1.29, 1.82) is 0 Å². The first kappa shape index (κ1) is 17.4. The van der Waals surface area contributed by atoms with E-state index in [1.54, 1.807) is 35.1 Å². The monoisotopic (exact) mass is 348 g/mol. The van der Waals surface area contributed by atoms with Crippen LogP contribution in [0, 0.1) is 0 Å². The molecular formula is C20H20N4O2. The number of benzene rings is 2. The van der Waals surface area contributed by atoms with Gasteiger partial charge in [0.15, 0.2) is 0 Å². The van der Waals surface area contributed by atoms with Gasteiger partial charge in [-0.15, -0.1) is 0 Å². The molecule has 26 heavy (non-hydrogen) atoms. The molecule has 1 aromatic heterocycles. The van der Waals surface area contributed by atoms with E-state index in [9.17, 15) is 9.59 Å². The van der Waals surface area contributed by atoms with Crippen molar-refractivity contribution >= 4 is 17.5 Å². The van der Waals surface area contributed by atoms with Crippen LogP contribution in [0.1, 0.15) is 22.8 Å². The van der Waals surface area contributed by atoms with Gasteiger partial charge in [0, 0.05) is 24.0 Å². The molecule has 6 nitrogen and oxygen atoms in total. The number of para-hydroxylation sites is 1. The van der Waals surface area contributed by atoms with E-state index in [0.717, 1.165) is 11.3 Å². The lowest BCUT2D eigenvalue weighted by atomic mass is 10.1. The Morgan fingerprint density at radius 1 is 1.08 bits per heavy atom. The van der Waals surface area contributed by atoms with Gasteiger partial charge in [-0.2, -0.15) is 5.10 Å². The molecule has 0 fully saturated rings. The summed E-state index contributed by atoms with van der Waals surface area (Å²) in [6.07, 6.45) is 3.72. The molecule has 1 heterocycles. The van der Waals surface area contributed by atoms with Gasteiger partial charge < -0.3 is 10.6 Å². The Balaban J connectivity index is 1.64. The van der Waals surface area contributed by atoms with Crippen LogP contribution in [-0.4, -0.2) is 28.1 Å². The maximum absolute atomic E-state index is 12.3. The fourth-order valence-corrected chi connectivity index (χ4v) is 2.56. The van der Waals surface area contributed by atoms with Gasteiger partial charge in [0.25, 0.3) is 5.91 Å². The molecule has 6 heteroatoms. The first-order valence-corrected chi connectivity index (χ1v) is 8.43. The Morgan fingerprint density at radius 2 is 1.88 bits per heavy atom. The number of nitrogens with zero attached hydrogens (tertiary/aromatic N) is 2. The van der Waals surface area contributed by atoms with Gasteiger partial charge in [-0.25, -0.2) is 4.68 Å². The zero-order valence-electron chi connectivity index (χ0n) is 14.5. The molecule has 0 aliphatic heterocycles. The van der Waals surface area contributed by atoms with E-state index in [1.807, 2.05) is 43.5 Å². The molecule has 3 aromatic rings. The molecule has 132 valence electrons. The van der Waals surface area contributed by atoms with Crippen molar-refractivity contribution in [3.8, 4) is 5.69 Å². The zero-order valence-corrected chi connectivity index (χ0v) is 14.5. The van der Waals surface area contributed by atoms with E-state index >= 15 is 0 Å². The third kappa shape index (κ3) is 4.36. The van der Waals surface area contributed by atoms with Crippen LogP contribution in [-0.2, 0) is 11.2 Å². The van der Waals surface area contributed by atoms with Gasteiger partial charge in [0.05, 0.1) is 18.3 Å². The average Bonchev–Trinajstić information content (AvgIpc) is 3.11. The van der Waals surface area contributed by atoms with E-state index in [-0.39, 0.29) is 18.2 Å². The number of hydrogen-bond acceptors (Lipinski definition) is 3. The molecule has 0 aliphatic rings. The second-order valence-electron chi connectivity index (χ2n) is 5.79. The van der Waals surface area contributed by atoms with E-state index in [2.05, 4.69) is 15.7 Å². The highest BCUT2D eigenvalue weighted by Gasteiger charge is 2.09. The largest absolute Gasteiger partial charge is 0.352 e. The highest BCUT2D eigenvalue weighted by atomic mass is 16.2. The summed E-state index contributed by atoms with van der Waals surface area (Å²) in [4.78, 5) is 24.2. The van der Waals surface area contributed by atoms with E-state index in [0.29, 0.717) is 17.8 Å². The smallest absolute Gasteiger partial charge is 0.251 e. The molecule has 3 rings (SSSR count). The standard InChI is InChI=1S/C20H20N4O2/c1-2-21-20(26)16-7-6-8-17(12-16)23-19(25)11-15-13-22-24(14-15)18-9-4-3-5-10-18/h3-10,12-14H,2,11H2,1H3,(H,21,26)(H,23,25). The minimum Gasteiger partial charge on any atom is -0.352 e. The SMILES string of the molecule is CCNC(=O)c1cccc(NC(=O)Cc2cnn(-c3ccccc3)c2)c1. The van der Waals surface area contributed by atoms with Crippen molar-refractivity contribution in [3.05, 3.63) is 78.1 Å². The minimum atomic E-state index is -0.161. The number of carbonyl (C=O) groups is 2. The van der Waals surface area contributed by atoms with Crippen molar-refractivity contribution in [1.82, 2.24) is 15.1 Å². The summed E-state index contributed by atoms with van der Waals surface area (Å²) in [5.74, 6) is -0.321. The molecule has 0 radical (unpaired) electrons. The Bertz CT molecular complexity index is 903. The fraction of sp³-hybridized carbons (Fsp3) is 0.150. The average molecular weight is 348 g/mol. The van der Waals surface area contributed by atoms with Crippen molar-refractivity contribution in [2.24, 2.45) is 0 Å². The van der Waals surface area contributed by atoms with Crippen LogP contribution in [0.2, 0.25) is 0 Å². The second-order valence-corrected chi connectivity index (χ2v) is 5.79. The van der Waals surface area contributed by atoms with Crippen LogP contribution < -0.4 is 10.6 Å². The number of nitrogens with one attached hydrogen (secondary N) is 2. The molecule has 2 aromatic carbocycles. The maximum Gasteiger partial charge on any atom is 0.251 e. The lowest BCUT2D eigenvalue weighted by Crippen LogP contribution is -2.23. The van der Waals surface area contributed by atoms with E-state index in [4.69, 9.17) is 0 Å². The Hall–Kier alpha value is -3.41. The van der Waals surface area contributed by atoms with Crippen LogP contribution in [0.25, 0.3) is 5.69 Å². The van der Waals surface area contributed by atoms with Crippen LogP contribution in [0.4, 0.5) is 5.69 Å². The molecule has 0 saturated carbocycles. The quantitative estimate of drug-likeness (QED) is 0.719. The van der Waals surface area contributed by atoms with Gasteiger partial charge in [0.1, 0.15) is 0 Å². The summed E-state index contributed by atoms with van der Waals surface area (Å²) in [6.45, 7) is 2.42. The third-order valence-corrected chi connectivity index (χ3v) is 3.77. The van der Waals surface area contributed by atoms with Gasteiger partial charge in [-0.3, -0.25) is 9.59 Å². The summed E-state index contributed by atoms with van der Waals surface area (Å²) < 4.78 is 1.73. The van der Waals surface area contributed by atoms with E-state index < -0.39 is 0 Å². The van der Waals surface area contributed by atoms with E-state index in [1.165, 1.54) is 0 Å². The number of anilines is 1. The number of hydrogen-bond donors (Lipinski definition) is 2. The van der Waals surface area contributed by atoms with Crippen molar-refractivity contribution in [2.75, 3.05) is 11.9 Å². The normalized spacial score (nSPS) is 10.3.